The van der Waals surface area contributed by atoms with Gasteiger partial charge in [0.15, 0.2) is 9.84 Å². The molecule has 17 heavy (non-hydrogen) atoms. The predicted octanol–water partition coefficient (Wildman–Crippen LogP) is 1.32. The molecule has 0 amide bonds. The molecule has 1 N–H and O–H groups in total. The topological polar surface area (TPSA) is 64.0 Å². The van der Waals surface area contributed by atoms with Crippen LogP contribution in [-0.4, -0.2) is 31.3 Å². The first-order valence-corrected chi connectivity index (χ1v) is 6.93. The molecule has 0 saturated carbocycles. The van der Waals surface area contributed by atoms with E-state index < -0.39 is 9.84 Å². The molecule has 1 aromatic heterocycles. The highest BCUT2D eigenvalue weighted by molar-refractivity contribution is 7.90. The standard InChI is InChI=1S/C11H13N3O2S/c1-12-11-13-7-8-14(11)9-3-5-10(6-4-9)17(2,15)16/h3-8H,1-2H3,(H,12,13). The van der Waals surface area contributed by atoms with Gasteiger partial charge in [0.2, 0.25) is 5.95 Å². The number of nitrogens with zero attached hydrogens (tertiary/aromatic N) is 2. The Balaban J connectivity index is 2.43. The molecule has 6 heteroatoms. The smallest absolute Gasteiger partial charge is 0.207 e. The summed E-state index contributed by atoms with van der Waals surface area (Å²) in [6.07, 6.45) is 4.68. The van der Waals surface area contributed by atoms with Gasteiger partial charge in [-0.2, -0.15) is 0 Å². The van der Waals surface area contributed by atoms with Crippen LogP contribution in [0.25, 0.3) is 5.69 Å². The summed E-state index contributed by atoms with van der Waals surface area (Å²) < 4.78 is 24.5. The number of anilines is 1. The third-order valence-corrected chi connectivity index (χ3v) is 3.54. The molecule has 0 saturated heterocycles. The molecule has 1 heterocycles. The van der Waals surface area contributed by atoms with Crippen LogP contribution in [0.5, 0.6) is 0 Å². The predicted molar refractivity (Wildman–Crippen MR) is 66.2 cm³/mol. The minimum atomic E-state index is -3.14. The van der Waals surface area contributed by atoms with E-state index in [2.05, 4.69) is 10.3 Å². The van der Waals surface area contributed by atoms with Crippen molar-refractivity contribution in [3.05, 3.63) is 36.7 Å². The summed E-state index contributed by atoms with van der Waals surface area (Å²) >= 11 is 0. The largest absolute Gasteiger partial charge is 0.358 e. The molecular formula is C11H13N3O2S. The third kappa shape index (κ3) is 2.31. The van der Waals surface area contributed by atoms with Crippen molar-refractivity contribution < 1.29 is 8.42 Å². The summed E-state index contributed by atoms with van der Waals surface area (Å²) in [5.74, 6) is 0.706. The highest BCUT2D eigenvalue weighted by atomic mass is 32.2. The van der Waals surface area contributed by atoms with Crippen LogP contribution in [0.1, 0.15) is 0 Å². The second-order valence-electron chi connectivity index (χ2n) is 3.64. The Morgan fingerprint density at radius 2 is 1.88 bits per heavy atom. The molecule has 5 nitrogen and oxygen atoms in total. The van der Waals surface area contributed by atoms with Gasteiger partial charge in [0.05, 0.1) is 4.90 Å². The highest BCUT2D eigenvalue weighted by Crippen LogP contribution is 2.16. The Labute approximate surface area is 100 Å². The van der Waals surface area contributed by atoms with Gasteiger partial charge < -0.3 is 5.32 Å². The third-order valence-electron chi connectivity index (χ3n) is 2.41. The van der Waals surface area contributed by atoms with Crippen LogP contribution >= 0.6 is 0 Å². The minimum Gasteiger partial charge on any atom is -0.358 e. The Bertz CT molecular complexity index is 614. The number of benzene rings is 1. The highest BCUT2D eigenvalue weighted by Gasteiger charge is 2.08. The van der Waals surface area contributed by atoms with Crippen molar-refractivity contribution in [3.8, 4) is 5.69 Å². The van der Waals surface area contributed by atoms with Crippen molar-refractivity contribution in [3.63, 3.8) is 0 Å². The van der Waals surface area contributed by atoms with Crippen molar-refractivity contribution in [2.24, 2.45) is 0 Å². The summed E-state index contributed by atoms with van der Waals surface area (Å²) in [4.78, 5) is 4.43. The van der Waals surface area contributed by atoms with Crippen molar-refractivity contribution in [1.82, 2.24) is 9.55 Å². The lowest BCUT2D eigenvalue weighted by Crippen LogP contribution is -2.01. The van der Waals surface area contributed by atoms with Crippen molar-refractivity contribution in [2.75, 3.05) is 18.6 Å². The fourth-order valence-corrected chi connectivity index (χ4v) is 2.18. The van der Waals surface area contributed by atoms with Crippen LogP contribution < -0.4 is 5.32 Å². The summed E-state index contributed by atoms with van der Waals surface area (Å²) in [6, 6.07) is 6.67. The van der Waals surface area contributed by atoms with Gasteiger partial charge in [-0.15, -0.1) is 0 Å². The van der Waals surface area contributed by atoms with Gasteiger partial charge in [-0.3, -0.25) is 4.57 Å². The molecule has 2 aromatic rings. The van der Waals surface area contributed by atoms with Crippen LogP contribution in [0.4, 0.5) is 5.95 Å². The Hall–Kier alpha value is -1.82. The van der Waals surface area contributed by atoms with E-state index in [1.807, 2.05) is 4.57 Å². The van der Waals surface area contributed by atoms with Crippen LogP contribution in [-0.2, 0) is 9.84 Å². The molecule has 0 aliphatic rings. The fraction of sp³-hybridized carbons (Fsp3) is 0.182. The van der Waals surface area contributed by atoms with Gasteiger partial charge in [-0.1, -0.05) is 0 Å². The average Bonchev–Trinajstić information content (AvgIpc) is 2.76. The normalized spacial score (nSPS) is 11.4. The summed E-state index contributed by atoms with van der Waals surface area (Å²) in [7, 11) is -1.36. The SMILES string of the molecule is CNc1nccn1-c1ccc(S(C)(=O)=O)cc1. The summed E-state index contributed by atoms with van der Waals surface area (Å²) in [6.45, 7) is 0. The van der Waals surface area contributed by atoms with E-state index in [9.17, 15) is 8.42 Å². The number of hydrogen-bond acceptors (Lipinski definition) is 4. The number of sulfone groups is 1. The maximum Gasteiger partial charge on any atom is 0.207 e. The van der Waals surface area contributed by atoms with E-state index in [1.54, 1.807) is 43.7 Å². The van der Waals surface area contributed by atoms with Gasteiger partial charge in [0.1, 0.15) is 0 Å². The lowest BCUT2D eigenvalue weighted by Gasteiger charge is -2.07. The minimum absolute atomic E-state index is 0.312. The number of hydrogen-bond donors (Lipinski definition) is 1. The molecule has 0 radical (unpaired) electrons. The molecule has 0 unspecified atom stereocenters. The van der Waals surface area contributed by atoms with E-state index >= 15 is 0 Å². The van der Waals surface area contributed by atoms with Gasteiger partial charge in [-0.05, 0) is 24.3 Å². The van der Waals surface area contributed by atoms with Crippen molar-refractivity contribution in [2.45, 2.75) is 4.90 Å². The van der Waals surface area contributed by atoms with Crippen LogP contribution in [0.15, 0.2) is 41.6 Å². The van der Waals surface area contributed by atoms with Gasteiger partial charge >= 0.3 is 0 Å². The van der Waals surface area contributed by atoms with Gasteiger partial charge in [-0.25, -0.2) is 13.4 Å². The van der Waals surface area contributed by atoms with Gasteiger partial charge in [0, 0.05) is 31.4 Å². The molecule has 0 aliphatic carbocycles. The molecule has 0 bridgehead atoms. The molecule has 0 fully saturated rings. The zero-order valence-electron chi connectivity index (χ0n) is 9.58. The first-order chi connectivity index (χ1) is 8.02. The molecule has 0 atom stereocenters. The molecule has 90 valence electrons. The van der Waals surface area contributed by atoms with Crippen LogP contribution in [0, 0.1) is 0 Å². The molecule has 1 aromatic carbocycles. The second-order valence-corrected chi connectivity index (χ2v) is 5.65. The summed E-state index contributed by atoms with van der Waals surface area (Å²) in [5, 5.41) is 2.95. The number of imidazole rings is 1. The number of aromatic nitrogens is 2. The average molecular weight is 251 g/mol. The van der Waals surface area contributed by atoms with E-state index in [0.29, 0.717) is 10.8 Å². The lowest BCUT2D eigenvalue weighted by atomic mass is 10.3. The maximum absolute atomic E-state index is 11.3. The monoisotopic (exact) mass is 251 g/mol. The zero-order valence-corrected chi connectivity index (χ0v) is 10.4. The lowest BCUT2D eigenvalue weighted by molar-refractivity contribution is 0.602. The Morgan fingerprint density at radius 3 is 2.41 bits per heavy atom. The quantitative estimate of drug-likeness (QED) is 0.893. The van der Waals surface area contributed by atoms with Crippen molar-refractivity contribution >= 4 is 15.8 Å². The van der Waals surface area contributed by atoms with E-state index in [0.717, 1.165) is 5.69 Å². The summed E-state index contributed by atoms with van der Waals surface area (Å²) in [5.41, 5.74) is 0.860. The number of nitrogens with one attached hydrogen (secondary N) is 1. The Kier molecular flexibility index (Phi) is 2.89. The molecule has 0 spiro atoms. The van der Waals surface area contributed by atoms with E-state index in [-0.39, 0.29) is 0 Å². The van der Waals surface area contributed by atoms with Gasteiger partial charge in [0.25, 0.3) is 0 Å². The van der Waals surface area contributed by atoms with E-state index in [1.165, 1.54) is 6.26 Å². The van der Waals surface area contributed by atoms with Crippen LogP contribution in [0.3, 0.4) is 0 Å². The van der Waals surface area contributed by atoms with Crippen LogP contribution in [0.2, 0.25) is 0 Å². The zero-order chi connectivity index (χ0) is 12.5. The molecule has 0 aliphatic heterocycles. The first kappa shape index (κ1) is 11.7. The second kappa shape index (κ2) is 4.21. The van der Waals surface area contributed by atoms with E-state index in [4.69, 9.17) is 0 Å². The molecular weight excluding hydrogens is 238 g/mol. The maximum atomic E-state index is 11.3. The fourth-order valence-electron chi connectivity index (χ4n) is 1.55. The van der Waals surface area contributed by atoms with Crippen molar-refractivity contribution in [1.29, 1.82) is 0 Å². The number of rotatable bonds is 3. The first-order valence-electron chi connectivity index (χ1n) is 5.04. The Morgan fingerprint density at radius 1 is 1.24 bits per heavy atom. The molecule has 2 rings (SSSR count).